The number of rotatable bonds is 4. The zero-order chi connectivity index (χ0) is 10.1. The highest BCUT2D eigenvalue weighted by Crippen LogP contribution is 2.32. The van der Waals surface area contributed by atoms with E-state index in [2.05, 4.69) is 10.1 Å². The van der Waals surface area contributed by atoms with Crippen LogP contribution in [0.5, 0.6) is 0 Å². The van der Waals surface area contributed by atoms with Gasteiger partial charge in [-0.1, -0.05) is 12.1 Å². The van der Waals surface area contributed by atoms with Crippen molar-refractivity contribution in [3.05, 3.63) is 11.7 Å². The molecule has 4 heteroatoms. The molecule has 1 aliphatic rings. The second-order valence-corrected chi connectivity index (χ2v) is 4.34. The van der Waals surface area contributed by atoms with Gasteiger partial charge in [-0.2, -0.15) is 4.98 Å². The summed E-state index contributed by atoms with van der Waals surface area (Å²) >= 11 is 0. The van der Waals surface area contributed by atoms with E-state index in [0.717, 1.165) is 18.2 Å². The van der Waals surface area contributed by atoms with Crippen LogP contribution >= 0.6 is 0 Å². The minimum absolute atomic E-state index is 0.0595. The SMILES string of the molecule is CC(N)C(C)c1nc(CC2CC2)no1. The van der Waals surface area contributed by atoms with Crippen LogP contribution in [0.25, 0.3) is 0 Å². The van der Waals surface area contributed by atoms with E-state index in [-0.39, 0.29) is 12.0 Å². The van der Waals surface area contributed by atoms with Gasteiger partial charge in [0.2, 0.25) is 5.89 Å². The van der Waals surface area contributed by atoms with Crippen molar-refractivity contribution in [3.8, 4) is 0 Å². The predicted molar refractivity (Wildman–Crippen MR) is 52.8 cm³/mol. The van der Waals surface area contributed by atoms with E-state index in [1.165, 1.54) is 12.8 Å². The van der Waals surface area contributed by atoms with Gasteiger partial charge in [-0.15, -0.1) is 0 Å². The van der Waals surface area contributed by atoms with Gasteiger partial charge < -0.3 is 10.3 Å². The summed E-state index contributed by atoms with van der Waals surface area (Å²) < 4.78 is 5.18. The minimum Gasteiger partial charge on any atom is -0.339 e. The molecule has 0 spiro atoms. The summed E-state index contributed by atoms with van der Waals surface area (Å²) in [5.74, 6) is 2.46. The lowest BCUT2D eigenvalue weighted by atomic mass is 10.1. The minimum atomic E-state index is 0.0595. The van der Waals surface area contributed by atoms with Crippen LogP contribution in [0.1, 0.15) is 44.3 Å². The first kappa shape index (κ1) is 9.65. The first-order valence-corrected chi connectivity index (χ1v) is 5.25. The van der Waals surface area contributed by atoms with Crippen LogP contribution in [0.4, 0.5) is 0 Å². The van der Waals surface area contributed by atoms with Crippen molar-refractivity contribution in [2.75, 3.05) is 0 Å². The summed E-state index contributed by atoms with van der Waals surface area (Å²) in [6, 6.07) is 0.0595. The number of hydrogen-bond donors (Lipinski definition) is 1. The fourth-order valence-corrected chi connectivity index (χ4v) is 1.34. The Kier molecular flexibility index (Phi) is 2.54. The maximum atomic E-state index is 5.76. The quantitative estimate of drug-likeness (QED) is 0.790. The number of aromatic nitrogens is 2. The third-order valence-electron chi connectivity index (χ3n) is 2.83. The van der Waals surface area contributed by atoms with Gasteiger partial charge in [-0.05, 0) is 25.7 Å². The summed E-state index contributed by atoms with van der Waals surface area (Å²) in [5, 5.41) is 3.96. The molecule has 14 heavy (non-hydrogen) atoms. The lowest BCUT2D eigenvalue weighted by Crippen LogP contribution is -2.22. The molecule has 1 aliphatic carbocycles. The number of hydrogen-bond acceptors (Lipinski definition) is 4. The monoisotopic (exact) mass is 195 g/mol. The van der Waals surface area contributed by atoms with Gasteiger partial charge >= 0.3 is 0 Å². The molecule has 2 unspecified atom stereocenters. The molecule has 0 aromatic carbocycles. The van der Waals surface area contributed by atoms with Crippen LogP contribution < -0.4 is 5.73 Å². The molecule has 0 amide bonds. The van der Waals surface area contributed by atoms with Crippen LogP contribution in [0.15, 0.2) is 4.52 Å². The zero-order valence-electron chi connectivity index (χ0n) is 8.73. The predicted octanol–water partition coefficient (Wildman–Crippen LogP) is 1.47. The van der Waals surface area contributed by atoms with Gasteiger partial charge in [-0.25, -0.2) is 0 Å². The lowest BCUT2D eigenvalue weighted by Gasteiger charge is -2.09. The Morgan fingerprint density at radius 3 is 2.79 bits per heavy atom. The molecular formula is C10H17N3O. The van der Waals surface area contributed by atoms with Crippen LogP contribution in [-0.2, 0) is 6.42 Å². The largest absolute Gasteiger partial charge is 0.339 e. The van der Waals surface area contributed by atoms with Gasteiger partial charge in [0.1, 0.15) is 0 Å². The lowest BCUT2D eigenvalue weighted by molar-refractivity contribution is 0.342. The highest BCUT2D eigenvalue weighted by molar-refractivity contribution is 4.97. The molecule has 78 valence electrons. The first-order chi connectivity index (χ1) is 6.66. The first-order valence-electron chi connectivity index (χ1n) is 5.25. The van der Waals surface area contributed by atoms with E-state index < -0.39 is 0 Å². The Morgan fingerprint density at radius 1 is 1.50 bits per heavy atom. The Morgan fingerprint density at radius 2 is 2.21 bits per heavy atom. The molecule has 1 fully saturated rings. The fraction of sp³-hybridized carbons (Fsp3) is 0.800. The maximum Gasteiger partial charge on any atom is 0.231 e. The Bertz CT molecular complexity index is 304. The second kappa shape index (κ2) is 3.69. The summed E-state index contributed by atoms with van der Waals surface area (Å²) in [6.07, 6.45) is 3.59. The van der Waals surface area contributed by atoms with Crippen molar-refractivity contribution in [2.24, 2.45) is 11.7 Å². The standard InChI is InChI=1S/C10H17N3O/c1-6(7(2)11)10-12-9(13-14-10)5-8-3-4-8/h6-8H,3-5,11H2,1-2H3. The normalized spacial score (nSPS) is 20.8. The number of nitrogens with two attached hydrogens (primary N) is 1. The molecule has 4 nitrogen and oxygen atoms in total. The maximum absolute atomic E-state index is 5.76. The smallest absolute Gasteiger partial charge is 0.231 e. The van der Waals surface area contributed by atoms with Crippen LogP contribution in [-0.4, -0.2) is 16.2 Å². The molecule has 1 aromatic heterocycles. The molecule has 1 heterocycles. The van der Waals surface area contributed by atoms with E-state index >= 15 is 0 Å². The van der Waals surface area contributed by atoms with E-state index in [4.69, 9.17) is 10.3 Å². The molecule has 0 radical (unpaired) electrons. The van der Waals surface area contributed by atoms with Crippen LogP contribution in [0.3, 0.4) is 0 Å². The summed E-state index contributed by atoms with van der Waals surface area (Å²) in [6.45, 7) is 3.97. The highest BCUT2D eigenvalue weighted by Gasteiger charge is 2.25. The van der Waals surface area contributed by atoms with Gasteiger partial charge in [-0.3, -0.25) is 0 Å². The topological polar surface area (TPSA) is 64.9 Å². The molecule has 2 N–H and O–H groups in total. The van der Waals surface area contributed by atoms with Crippen molar-refractivity contribution in [1.82, 2.24) is 10.1 Å². The van der Waals surface area contributed by atoms with Crippen molar-refractivity contribution < 1.29 is 4.52 Å². The van der Waals surface area contributed by atoms with Gasteiger partial charge in [0.15, 0.2) is 5.82 Å². The second-order valence-electron chi connectivity index (χ2n) is 4.34. The summed E-state index contributed by atoms with van der Waals surface area (Å²) in [7, 11) is 0. The van der Waals surface area contributed by atoms with E-state index in [9.17, 15) is 0 Å². The van der Waals surface area contributed by atoms with Crippen molar-refractivity contribution in [1.29, 1.82) is 0 Å². The molecule has 1 aromatic rings. The van der Waals surface area contributed by atoms with Crippen LogP contribution in [0.2, 0.25) is 0 Å². The van der Waals surface area contributed by atoms with Gasteiger partial charge in [0.05, 0.1) is 5.92 Å². The van der Waals surface area contributed by atoms with Crippen molar-refractivity contribution in [3.63, 3.8) is 0 Å². The third kappa shape index (κ3) is 2.12. The number of nitrogens with zero attached hydrogens (tertiary/aromatic N) is 2. The Labute approximate surface area is 83.9 Å². The van der Waals surface area contributed by atoms with Gasteiger partial charge in [0, 0.05) is 12.5 Å². The molecule has 0 aliphatic heterocycles. The molecule has 0 saturated heterocycles. The Balaban J connectivity index is 2.00. The fourth-order valence-electron chi connectivity index (χ4n) is 1.34. The van der Waals surface area contributed by atoms with Crippen molar-refractivity contribution in [2.45, 2.75) is 45.1 Å². The summed E-state index contributed by atoms with van der Waals surface area (Å²) in [5.41, 5.74) is 5.76. The van der Waals surface area contributed by atoms with Crippen molar-refractivity contribution >= 4 is 0 Å². The van der Waals surface area contributed by atoms with E-state index in [1.807, 2.05) is 13.8 Å². The van der Waals surface area contributed by atoms with E-state index in [1.54, 1.807) is 0 Å². The van der Waals surface area contributed by atoms with Crippen LogP contribution in [0, 0.1) is 5.92 Å². The van der Waals surface area contributed by atoms with E-state index in [0.29, 0.717) is 5.89 Å². The zero-order valence-corrected chi connectivity index (χ0v) is 8.73. The molecule has 2 atom stereocenters. The van der Waals surface area contributed by atoms with Gasteiger partial charge in [0.25, 0.3) is 0 Å². The highest BCUT2D eigenvalue weighted by atomic mass is 16.5. The average molecular weight is 195 g/mol. The Hall–Kier alpha value is -0.900. The molecule has 1 saturated carbocycles. The molecule has 0 bridgehead atoms. The molecule has 2 rings (SSSR count). The average Bonchev–Trinajstić information content (AvgIpc) is 2.81. The molecular weight excluding hydrogens is 178 g/mol. The summed E-state index contributed by atoms with van der Waals surface area (Å²) in [4.78, 5) is 4.35. The third-order valence-corrected chi connectivity index (χ3v) is 2.83.